The monoisotopic (exact) mass is 311 g/mol. The molecular formula is C14H18ClN3O3. The molecule has 0 spiro atoms. The number of hydrogen-bond acceptors (Lipinski definition) is 4. The molecule has 0 saturated carbocycles. The number of rotatable bonds is 5. The zero-order valence-corrected chi connectivity index (χ0v) is 12.8. The first-order valence-electron chi connectivity index (χ1n) is 6.60. The van der Waals surface area contributed by atoms with Crippen LogP contribution in [0.5, 0.6) is 5.75 Å². The molecule has 0 atom stereocenters. The number of nitrogens with one attached hydrogen (secondary N) is 1. The molecule has 0 radical (unpaired) electrons. The molecule has 1 saturated heterocycles. The maximum atomic E-state index is 12.0. The second-order valence-corrected chi connectivity index (χ2v) is 5.34. The highest BCUT2D eigenvalue weighted by molar-refractivity contribution is 6.30. The minimum atomic E-state index is -0.325. The van der Waals surface area contributed by atoms with Crippen LogP contribution in [0.3, 0.4) is 0 Å². The molecule has 1 heterocycles. The Balaban J connectivity index is 1.98. The van der Waals surface area contributed by atoms with Crippen molar-refractivity contribution < 1.29 is 14.3 Å². The summed E-state index contributed by atoms with van der Waals surface area (Å²) in [7, 11) is 3.40. The molecule has 0 unspecified atom stereocenters. The van der Waals surface area contributed by atoms with Gasteiger partial charge in [0.05, 0.1) is 13.7 Å². The van der Waals surface area contributed by atoms with Crippen molar-refractivity contribution >= 4 is 23.5 Å². The molecule has 1 aromatic carbocycles. The maximum Gasteiger partial charge on any atom is 0.324 e. The van der Waals surface area contributed by atoms with Crippen LogP contribution in [0, 0.1) is 0 Å². The van der Waals surface area contributed by atoms with Gasteiger partial charge in [-0.1, -0.05) is 11.6 Å². The van der Waals surface area contributed by atoms with Crippen molar-refractivity contribution in [2.24, 2.45) is 0 Å². The van der Waals surface area contributed by atoms with E-state index in [0.717, 1.165) is 11.3 Å². The summed E-state index contributed by atoms with van der Waals surface area (Å²) >= 11 is 5.98. The van der Waals surface area contributed by atoms with Crippen molar-refractivity contribution in [2.45, 2.75) is 6.54 Å². The fourth-order valence-corrected chi connectivity index (χ4v) is 2.44. The van der Waals surface area contributed by atoms with Gasteiger partial charge in [-0.15, -0.1) is 0 Å². The van der Waals surface area contributed by atoms with Crippen molar-refractivity contribution in [1.29, 1.82) is 0 Å². The van der Waals surface area contributed by atoms with Gasteiger partial charge in [0.1, 0.15) is 5.75 Å². The number of methoxy groups -OCH3 is 1. The highest BCUT2D eigenvalue weighted by Crippen LogP contribution is 2.23. The van der Waals surface area contributed by atoms with E-state index < -0.39 is 0 Å². The third-order valence-electron chi connectivity index (χ3n) is 3.25. The van der Waals surface area contributed by atoms with Gasteiger partial charge in [0.15, 0.2) is 0 Å². The van der Waals surface area contributed by atoms with Gasteiger partial charge in [-0.3, -0.25) is 14.6 Å². The Morgan fingerprint density at radius 2 is 2.29 bits per heavy atom. The average Bonchev–Trinajstić information content (AvgIpc) is 2.85. The first kappa shape index (κ1) is 15.6. The van der Waals surface area contributed by atoms with Gasteiger partial charge >= 0.3 is 6.03 Å². The van der Waals surface area contributed by atoms with Crippen molar-refractivity contribution in [3.05, 3.63) is 28.8 Å². The lowest BCUT2D eigenvalue weighted by Crippen LogP contribution is -2.40. The van der Waals surface area contributed by atoms with Gasteiger partial charge in [-0.25, -0.2) is 4.79 Å². The van der Waals surface area contributed by atoms with Crippen molar-refractivity contribution in [1.82, 2.24) is 15.1 Å². The molecule has 6 nitrogen and oxygen atoms in total. The van der Waals surface area contributed by atoms with Gasteiger partial charge in [-0.05, 0) is 25.2 Å². The number of benzene rings is 1. The smallest absolute Gasteiger partial charge is 0.324 e. The molecule has 3 amide bonds. The van der Waals surface area contributed by atoms with Crippen LogP contribution in [0.2, 0.25) is 5.02 Å². The van der Waals surface area contributed by atoms with E-state index in [2.05, 4.69) is 5.32 Å². The van der Waals surface area contributed by atoms with Crippen molar-refractivity contribution in [2.75, 3.05) is 33.8 Å². The van der Waals surface area contributed by atoms with Crippen LogP contribution < -0.4 is 10.1 Å². The second-order valence-electron chi connectivity index (χ2n) is 4.91. The Bertz CT molecular complexity index is 550. The molecule has 0 aromatic heterocycles. The fourth-order valence-electron chi connectivity index (χ4n) is 2.24. The molecule has 114 valence electrons. The molecule has 1 aliphatic heterocycles. The molecule has 1 aliphatic rings. The molecule has 0 bridgehead atoms. The van der Waals surface area contributed by atoms with Crippen LogP contribution in [0.4, 0.5) is 4.79 Å². The predicted molar refractivity (Wildman–Crippen MR) is 79.4 cm³/mol. The van der Waals surface area contributed by atoms with Crippen LogP contribution in [-0.4, -0.2) is 55.5 Å². The maximum absolute atomic E-state index is 12.0. The molecule has 1 fully saturated rings. The number of hydrogen-bond donors (Lipinski definition) is 1. The first-order chi connectivity index (χ1) is 10.0. The summed E-state index contributed by atoms with van der Waals surface area (Å²) in [6.07, 6.45) is 0. The molecule has 7 heteroatoms. The largest absolute Gasteiger partial charge is 0.496 e. The fraction of sp³-hybridized carbons (Fsp3) is 0.429. The van der Waals surface area contributed by atoms with E-state index in [1.165, 1.54) is 4.90 Å². The topological polar surface area (TPSA) is 61.9 Å². The lowest BCUT2D eigenvalue weighted by molar-refractivity contribution is -0.128. The average molecular weight is 312 g/mol. The number of amides is 3. The van der Waals surface area contributed by atoms with E-state index in [-0.39, 0.29) is 18.5 Å². The highest BCUT2D eigenvalue weighted by Gasteiger charge is 2.26. The quantitative estimate of drug-likeness (QED) is 0.891. The first-order valence-corrected chi connectivity index (χ1v) is 6.98. The van der Waals surface area contributed by atoms with E-state index in [1.807, 2.05) is 18.0 Å². The van der Waals surface area contributed by atoms with Crippen LogP contribution in [0.1, 0.15) is 5.56 Å². The Kier molecular flexibility index (Phi) is 5.03. The van der Waals surface area contributed by atoms with Crippen molar-refractivity contribution in [3.63, 3.8) is 0 Å². The van der Waals surface area contributed by atoms with E-state index in [9.17, 15) is 9.59 Å². The Hall–Kier alpha value is -1.79. The molecule has 21 heavy (non-hydrogen) atoms. The molecule has 1 aromatic rings. The van der Waals surface area contributed by atoms with Crippen LogP contribution in [-0.2, 0) is 11.3 Å². The Morgan fingerprint density at radius 3 is 2.90 bits per heavy atom. The second kappa shape index (κ2) is 6.78. The van der Waals surface area contributed by atoms with Gasteiger partial charge in [0.25, 0.3) is 0 Å². The van der Waals surface area contributed by atoms with E-state index in [4.69, 9.17) is 16.3 Å². The van der Waals surface area contributed by atoms with E-state index in [0.29, 0.717) is 24.7 Å². The number of urea groups is 1. The summed E-state index contributed by atoms with van der Waals surface area (Å²) < 4.78 is 5.28. The highest BCUT2D eigenvalue weighted by atomic mass is 35.5. The predicted octanol–water partition coefficient (Wildman–Crippen LogP) is 1.33. The van der Waals surface area contributed by atoms with Crippen LogP contribution in [0.25, 0.3) is 0 Å². The summed E-state index contributed by atoms with van der Waals surface area (Å²) in [5, 5.41) is 3.22. The van der Waals surface area contributed by atoms with E-state index >= 15 is 0 Å². The summed E-state index contributed by atoms with van der Waals surface area (Å²) in [5.74, 6) is 0.506. The van der Waals surface area contributed by atoms with Gasteiger partial charge < -0.3 is 10.1 Å². The standard InChI is InChI=1S/C14H18ClN3O3/c1-17(9-13(19)18-6-5-16-14(18)20)8-10-7-11(15)3-4-12(10)21-2/h3-4,7H,5-6,8-9H2,1-2H3,(H,16,20). The van der Waals surface area contributed by atoms with E-state index in [1.54, 1.807) is 19.2 Å². The molecule has 2 rings (SSSR count). The zero-order valence-electron chi connectivity index (χ0n) is 12.1. The Morgan fingerprint density at radius 1 is 1.52 bits per heavy atom. The summed E-state index contributed by atoms with van der Waals surface area (Å²) in [5.41, 5.74) is 0.895. The zero-order chi connectivity index (χ0) is 15.4. The van der Waals surface area contributed by atoms with Gasteiger partial charge in [0.2, 0.25) is 5.91 Å². The number of carbonyl (C=O) groups is 2. The normalized spacial score (nSPS) is 14.5. The number of ether oxygens (including phenoxy) is 1. The van der Waals surface area contributed by atoms with Crippen LogP contribution >= 0.6 is 11.6 Å². The third kappa shape index (κ3) is 3.86. The Labute approximate surface area is 128 Å². The van der Waals surface area contributed by atoms with Crippen molar-refractivity contribution in [3.8, 4) is 5.75 Å². The summed E-state index contributed by atoms with van der Waals surface area (Å²) in [6.45, 7) is 1.59. The number of halogens is 1. The molecular weight excluding hydrogens is 294 g/mol. The lowest BCUT2D eigenvalue weighted by Gasteiger charge is -2.20. The number of imide groups is 1. The lowest BCUT2D eigenvalue weighted by atomic mass is 10.2. The minimum absolute atomic E-state index is 0.156. The third-order valence-corrected chi connectivity index (χ3v) is 3.48. The SMILES string of the molecule is COc1ccc(Cl)cc1CN(C)CC(=O)N1CCNC1=O. The summed E-state index contributed by atoms with van der Waals surface area (Å²) in [4.78, 5) is 26.5. The number of nitrogens with zero attached hydrogens (tertiary/aromatic N) is 2. The molecule has 0 aliphatic carbocycles. The van der Waals surface area contributed by atoms with Gasteiger partial charge in [-0.2, -0.15) is 0 Å². The number of likely N-dealkylation sites (N-methyl/N-ethyl adjacent to an activating group) is 1. The minimum Gasteiger partial charge on any atom is -0.496 e. The molecule has 1 N–H and O–H groups in total. The van der Waals surface area contributed by atoms with Gasteiger partial charge in [0, 0.05) is 30.2 Å². The summed E-state index contributed by atoms with van der Waals surface area (Å²) in [6, 6.07) is 5.03. The van der Waals surface area contributed by atoms with Crippen LogP contribution in [0.15, 0.2) is 18.2 Å². The number of carbonyl (C=O) groups excluding carboxylic acids is 2.